The van der Waals surface area contributed by atoms with Crippen molar-refractivity contribution in [3.8, 4) is 0 Å². The molecule has 1 aromatic rings. The zero-order chi connectivity index (χ0) is 9.76. The van der Waals surface area contributed by atoms with Crippen LogP contribution in [-0.2, 0) is 5.60 Å². The summed E-state index contributed by atoms with van der Waals surface area (Å²) in [6.07, 6.45) is 5.10. The van der Waals surface area contributed by atoms with Gasteiger partial charge in [-0.3, -0.25) is 0 Å². The highest BCUT2D eigenvalue weighted by Crippen LogP contribution is 2.65. The molecule has 0 saturated heterocycles. The van der Waals surface area contributed by atoms with E-state index < -0.39 is 5.60 Å². The van der Waals surface area contributed by atoms with E-state index in [-0.39, 0.29) is 0 Å². The van der Waals surface area contributed by atoms with Crippen molar-refractivity contribution in [3.05, 3.63) is 21.9 Å². The summed E-state index contributed by atoms with van der Waals surface area (Å²) in [7, 11) is 0. The molecule has 0 aromatic carbocycles. The third-order valence-corrected chi connectivity index (χ3v) is 5.17. The minimum Gasteiger partial charge on any atom is -0.384 e. The summed E-state index contributed by atoms with van der Waals surface area (Å²) in [5, 5.41) is 12.7. The Morgan fingerprint density at radius 2 is 2.00 bits per heavy atom. The van der Waals surface area contributed by atoms with Crippen molar-refractivity contribution in [3.63, 3.8) is 0 Å². The lowest BCUT2D eigenvalue weighted by Gasteiger charge is -2.09. The Morgan fingerprint density at radius 1 is 1.36 bits per heavy atom. The molecular formula is C12H16OS. The van der Waals surface area contributed by atoms with Gasteiger partial charge in [0.05, 0.1) is 0 Å². The van der Waals surface area contributed by atoms with Crippen LogP contribution in [0, 0.1) is 18.8 Å². The molecule has 1 nitrogen and oxygen atoms in total. The van der Waals surface area contributed by atoms with Crippen molar-refractivity contribution in [2.45, 2.75) is 38.2 Å². The molecule has 1 aromatic heterocycles. The van der Waals surface area contributed by atoms with Gasteiger partial charge in [0, 0.05) is 4.88 Å². The lowest BCUT2D eigenvalue weighted by atomic mass is 10.0. The molecule has 1 N–H and O–H groups in total. The third kappa shape index (κ3) is 0.986. The largest absolute Gasteiger partial charge is 0.384 e. The van der Waals surface area contributed by atoms with Crippen molar-refractivity contribution in [1.82, 2.24) is 0 Å². The molecule has 3 rings (SSSR count). The van der Waals surface area contributed by atoms with Gasteiger partial charge in [0.25, 0.3) is 0 Å². The number of thiophene rings is 1. The Balaban J connectivity index is 1.96. The lowest BCUT2D eigenvalue weighted by molar-refractivity contribution is 0.121. The molecule has 0 radical (unpaired) electrons. The normalized spacial score (nSPS) is 40.7. The fourth-order valence-corrected chi connectivity index (χ4v) is 4.37. The van der Waals surface area contributed by atoms with Crippen LogP contribution in [0.25, 0.3) is 0 Å². The lowest BCUT2D eigenvalue weighted by Crippen LogP contribution is -2.09. The first-order valence-corrected chi connectivity index (χ1v) is 6.39. The predicted molar refractivity (Wildman–Crippen MR) is 58.4 cm³/mol. The second-order valence-corrected chi connectivity index (χ2v) is 5.67. The van der Waals surface area contributed by atoms with E-state index in [4.69, 9.17) is 0 Å². The summed E-state index contributed by atoms with van der Waals surface area (Å²) < 4.78 is 0. The van der Waals surface area contributed by atoms with E-state index in [2.05, 4.69) is 18.4 Å². The molecule has 2 fully saturated rings. The SMILES string of the molecule is Cc1ccsc1C1(O)C2CCCCC21. The number of aryl methyl sites for hydroxylation is 1. The average Bonchev–Trinajstić information content (AvgIpc) is 2.57. The maximum Gasteiger partial charge on any atom is 0.105 e. The van der Waals surface area contributed by atoms with Crippen LogP contribution in [0.4, 0.5) is 0 Å². The number of rotatable bonds is 1. The van der Waals surface area contributed by atoms with Crippen LogP contribution in [0.2, 0.25) is 0 Å². The summed E-state index contributed by atoms with van der Waals surface area (Å²) >= 11 is 1.74. The molecule has 2 unspecified atom stereocenters. The van der Waals surface area contributed by atoms with E-state index in [9.17, 15) is 5.11 Å². The van der Waals surface area contributed by atoms with Crippen LogP contribution in [0.5, 0.6) is 0 Å². The van der Waals surface area contributed by atoms with Crippen LogP contribution in [-0.4, -0.2) is 5.11 Å². The summed E-state index contributed by atoms with van der Waals surface area (Å²) in [4.78, 5) is 1.24. The van der Waals surface area contributed by atoms with Crippen LogP contribution in [0.15, 0.2) is 11.4 Å². The smallest absolute Gasteiger partial charge is 0.105 e. The first-order chi connectivity index (χ1) is 6.74. The van der Waals surface area contributed by atoms with Gasteiger partial charge in [-0.15, -0.1) is 11.3 Å². The fourth-order valence-electron chi connectivity index (χ4n) is 3.21. The summed E-state index contributed by atoms with van der Waals surface area (Å²) in [6.45, 7) is 2.12. The van der Waals surface area contributed by atoms with Crippen molar-refractivity contribution < 1.29 is 5.11 Å². The maximum atomic E-state index is 10.6. The molecule has 0 amide bonds. The van der Waals surface area contributed by atoms with E-state index >= 15 is 0 Å². The minimum atomic E-state index is -0.422. The molecule has 2 aliphatic rings. The standard InChI is InChI=1S/C12H16OS/c1-8-6-7-14-11(8)12(13)9-4-2-3-5-10(9)12/h6-7,9-10,13H,2-5H2,1H3. The second kappa shape index (κ2) is 2.83. The topological polar surface area (TPSA) is 20.2 Å². The number of fused-ring (bicyclic) bond motifs is 1. The fraction of sp³-hybridized carbons (Fsp3) is 0.667. The molecule has 2 saturated carbocycles. The highest BCUT2D eigenvalue weighted by molar-refractivity contribution is 7.10. The van der Waals surface area contributed by atoms with Gasteiger partial charge < -0.3 is 5.11 Å². The highest BCUT2D eigenvalue weighted by Gasteiger charge is 2.65. The van der Waals surface area contributed by atoms with Gasteiger partial charge in [0.2, 0.25) is 0 Å². The van der Waals surface area contributed by atoms with Crippen LogP contribution in [0.1, 0.15) is 36.1 Å². The van der Waals surface area contributed by atoms with E-state index in [0.717, 1.165) is 0 Å². The zero-order valence-corrected chi connectivity index (χ0v) is 9.31. The van der Waals surface area contributed by atoms with Crippen molar-refractivity contribution in [2.24, 2.45) is 11.8 Å². The zero-order valence-electron chi connectivity index (χ0n) is 8.49. The van der Waals surface area contributed by atoms with E-state index in [0.29, 0.717) is 11.8 Å². The van der Waals surface area contributed by atoms with Gasteiger partial charge in [0.1, 0.15) is 5.60 Å². The Kier molecular flexibility index (Phi) is 1.80. The van der Waals surface area contributed by atoms with E-state index in [1.807, 2.05) is 0 Å². The van der Waals surface area contributed by atoms with E-state index in [1.54, 1.807) is 11.3 Å². The maximum absolute atomic E-state index is 10.6. The second-order valence-electron chi connectivity index (χ2n) is 4.76. The average molecular weight is 208 g/mol. The highest BCUT2D eigenvalue weighted by atomic mass is 32.1. The Hall–Kier alpha value is -0.340. The summed E-state index contributed by atoms with van der Waals surface area (Å²) in [5.41, 5.74) is 0.862. The molecular weight excluding hydrogens is 192 g/mol. The molecule has 0 aliphatic heterocycles. The molecule has 14 heavy (non-hydrogen) atoms. The molecule has 76 valence electrons. The van der Waals surface area contributed by atoms with Gasteiger partial charge in [0.15, 0.2) is 0 Å². The van der Waals surface area contributed by atoms with Gasteiger partial charge in [-0.25, -0.2) is 0 Å². The Morgan fingerprint density at radius 3 is 2.50 bits per heavy atom. The predicted octanol–water partition coefficient (Wildman–Crippen LogP) is 3.06. The Bertz CT molecular complexity index is 343. The molecule has 2 heteroatoms. The van der Waals surface area contributed by atoms with Gasteiger partial charge in [-0.2, -0.15) is 0 Å². The first kappa shape index (κ1) is 8.93. The number of hydrogen-bond donors (Lipinski definition) is 1. The van der Waals surface area contributed by atoms with Gasteiger partial charge in [-0.05, 0) is 48.6 Å². The third-order valence-electron chi connectivity index (χ3n) is 4.01. The minimum absolute atomic E-state index is 0.422. The van der Waals surface area contributed by atoms with Crippen LogP contribution in [0.3, 0.4) is 0 Å². The van der Waals surface area contributed by atoms with Crippen molar-refractivity contribution in [1.29, 1.82) is 0 Å². The van der Waals surface area contributed by atoms with Crippen LogP contribution < -0.4 is 0 Å². The molecule has 2 atom stereocenters. The molecule has 1 heterocycles. The first-order valence-electron chi connectivity index (χ1n) is 5.51. The summed E-state index contributed by atoms with van der Waals surface area (Å²) in [6, 6.07) is 2.13. The van der Waals surface area contributed by atoms with Gasteiger partial charge in [-0.1, -0.05) is 12.8 Å². The molecule has 2 aliphatic carbocycles. The number of hydrogen-bond acceptors (Lipinski definition) is 2. The van der Waals surface area contributed by atoms with Crippen molar-refractivity contribution >= 4 is 11.3 Å². The van der Waals surface area contributed by atoms with Crippen LogP contribution >= 0.6 is 11.3 Å². The summed E-state index contributed by atoms with van der Waals surface area (Å²) in [5.74, 6) is 1.15. The number of aliphatic hydroxyl groups is 1. The van der Waals surface area contributed by atoms with Gasteiger partial charge >= 0.3 is 0 Å². The van der Waals surface area contributed by atoms with Crippen molar-refractivity contribution in [2.75, 3.05) is 0 Å². The Labute approximate surface area is 88.8 Å². The molecule has 0 bridgehead atoms. The monoisotopic (exact) mass is 208 g/mol. The van der Waals surface area contributed by atoms with E-state index in [1.165, 1.54) is 36.1 Å². The molecule has 0 spiro atoms. The quantitative estimate of drug-likeness (QED) is 0.752.